The molecule has 0 spiro atoms. The van der Waals surface area contributed by atoms with Gasteiger partial charge in [0.2, 0.25) is 10.0 Å². The van der Waals surface area contributed by atoms with Crippen molar-refractivity contribution in [1.29, 1.82) is 0 Å². The molecule has 3 aromatic rings. The number of alkyl halides is 3. The van der Waals surface area contributed by atoms with Crippen molar-refractivity contribution in [3.05, 3.63) is 70.7 Å². The molecule has 3 rings (SSSR count). The molecule has 0 fully saturated rings. The molecule has 0 saturated carbocycles. The Morgan fingerprint density at radius 2 is 1.67 bits per heavy atom. The number of hydrazine groups is 1. The normalized spacial score (nSPS) is 11.8. The van der Waals surface area contributed by atoms with Gasteiger partial charge >= 0.3 is 6.18 Å². The largest absolute Gasteiger partial charge is 0.402 e. The quantitative estimate of drug-likeness (QED) is 0.452. The summed E-state index contributed by atoms with van der Waals surface area (Å²) in [6.07, 6.45) is -4.73. The second-order valence-corrected chi connectivity index (χ2v) is 9.44. The Morgan fingerprint density at radius 1 is 1.00 bits per heavy atom. The van der Waals surface area contributed by atoms with Gasteiger partial charge in [-0.15, -0.1) is 11.3 Å². The Balaban J connectivity index is 1.67. The standard InChI is InChI=1S/C20H17F3N4O4S2/c1-12-16(32-19(25-12)13-6-3-2-4-7-13)18(29)27-26-17(28)14-8-5-9-15(10-14)33(30,31)24-11-20(21,22)23/h2-10,24H,11H2,1H3,(H,26,28)(H,27,29). The minimum atomic E-state index is -4.73. The number of carbonyl (C=O) groups excluding carboxylic acids is 2. The first-order chi connectivity index (χ1) is 15.5. The van der Waals surface area contributed by atoms with Gasteiger partial charge in [-0.1, -0.05) is 36.4 Å². The monoisotopic (exact) mass is 498 g/mol. The Kier molecular flexibility index (Phi) is 7.15. The van der Waals surface area contributed by atoms with Crippen molar-refractivity contribution in [1.82, 2.24) is 20.6 Å². The molecule has 0 aliphatic heterocycles. The second-order valence-electron chi connectivity index (χ2n) is 6.68. The maximum atomic E-state index is 12.5. The summed E-state index contributed by atoms with van der Waals surface area (Å²) in [4.78, 5) is 28.9. The van der Waals surface area contributed by atoms with Gasteiger partial charge in [0, 0.05) is 11.1 Å². The third-order valence-corrected chi connectivity index (χ3v) is 6.79. The maximum Gasteiger partial charge on any atom is 0.402 e. The number of hydrogen-bond donors (Lipinski definition) is 3. The van der Waals surface area contributed by atoms with Crippen LogP contribution in [0.2, 0.25) is 0 Å². The molecular weight excluding hydrogens is 481 g/mol. The van der Waals surface area contributed by atoms with Crippen LogP contribution in [0.4, 0.5) is 13.2 Å². The number of hydrogen-bond acceptors (Lipinski definition) is 6. The van der Waals surface area contributed by atoms with Gasteiger partial charge in [0.25, 0.3) is 11.8 Å². The molecule has 174 valence electrons. The van der Waals surface area contributed by atoms with E-state index in [1.165, 1.54) is 16.9 Å². The highest BCUT2D eigenvalue weighted by Gasteiger charge is 2.30. The van der Waals surface area contributed by atoms with E-state index in [1.807, 2.05) is 30.3 Å². The lowest BCUT2D eigenvalue weighted by Gasteiger charge is -2.11. The maximum absolute atomic E-state index is 12.5. The first-order valence-corrected chi connectivity index (χ1v) is 11.6. The molecule has 1 aromatic heterocycles. The van der Waals surface area contributed by atoms with E-state index in [4.69, 9.17) is 0 Å². The number of amides is 2. The lowest BCUT2D eigenvalue weighted by molar-refractivity contribution is -0.121. The van der Waals surface area contributed by atoms with Crippen LogP contribution in [0.15, 0.2) is 59.5 Å². The lowest BCUT2D eigenvalue weighted by Crippen LogP contribution is -2.41. The Morgan fingerprint density at radius 3 is 2.33 bits per heavy atom. The molecule has 1 heterocycles. The Bertz CT molecular complexity index is 1280. The van der Waals surface area contributed by atoms with Gasteiger partial charge in [0.1, 0.15) is 16.4 Å². The number of halogens is 3. The van der Waals surface area contributed by atoms with E-state index >= 15 is 0 Å². The zero-order valence-electron chi connectivity index (χ0n) is 16.9. The summed E-state index contributed by atoms with van der Waals surface area (Å²) in [5, 5.41) is 0.619. The van der Waals surface area contributed by atoms with Crippen LogP contribution in [0.1, 0.15) is 25.7 Å². The summed E-state index contributed by atoms with van der Waals surface area (Å²) in [6, 6.07) is 13.6. The zero-order valence-corrected chi connectivity index (χ0v) is 18.6. The zero-order chi connectivity index (χ0) is 24.2. The second kappa shape index (κ2) is 9.68. The highest BCUT2D eigenvalue weighted by Crippen LogP contribution is 2.27. The van der Waals surface area contributed by atoms with Crippen molar-refractivity contribution in [3.8, 4) is 10.6 Å². The summed E-state index contributed by atoms with van der Waals surface area (Å²) >= 11 is 1.13. The van der Waals surface area contributed by atoms with Crippen LogP contribution >= 0.6 is 11.3 Å². The van der Waals surface area contributed by atoms with E-state index in [0.29, 0.717) is 10.7 Å². The number of carbonyl (C=O) groups is 2. The first kappa shape index (κ1) is 24.4. The van der Waals surface area contributed by atoms with Crippen molar-refractivity contribution < 1.29 is 31.2 Å². The molecule has 0 atom stereocenters. The number of benzene rings is 2. The third kappa shape index (κ3) is 6.37. The van der Waals surface area contributed by atoms with Gasteiger partial charge < -0.3 is 0 Å². The number of thiazole rings is 1. The van der Waals surface area contributed by atoms with E-state index in [2.05, 4.69) is 15.8 Å². The van der Waals surface area contributed by atoms with Crippen molar-refractivity contribution in [2.45, 2.75) is 18.0 Å². The topological polar surface area (TPSA) is 117 Å². The molecule has 0 unspecified atom stereocenters. The van der Waals surface area contributed by atoms with Gasteiger partial charge in [-0.3, -0.25) is 20.4 Å². The Labute approximate surface area is 190 Å². The number of nitrogens with zero attached hydrogens (tertiary/aromatic N) is 1. The van der Waals surface area contributed by atoms with E-state index in [1.54, 1.807) is 6.92 Å². The number of aryl methyl sites for hydroxylation is 1. The number of nitrogens with one attached hydrogen (secondary N) is 3. The minimum absolute atomic E-state index is 0.184. The molecule has 0 radical (unpaired) electrons. The summed E-state index contributed by atoms with van der Waals surface area (Å²) in [7, 11) is -4.50. The molecule has 0 aliphatic carbocycles. The number of aromatic nitrogens is 1. The van der Waals surface area contributed by atoms with E-state index in [0.717, 1.165) is 29.0 Å². The molecule has 13 heteroatoms. The number of sulfonamides is 1. The molecule has 0 bridgehead atoms. The van der Waals surface area contributed by atoms with Gasteiger partial charge in [-0.05, 0) is 25.1 Å². The molecule has 3 N–H and O–H groups in total. The molecule has 0 saturated heterocycles. The van der Waals surface area contributed by atoms with E-state index in [-0.39, 0.29) is 10.4 Å². The Hall–Kier alpha value is -3.29. The molecular formula is C20H17F3N4O4S2. The van der Waals surface area contributed by atoms with E-state index in [9.17, 15) is 31.2 Å². The van der Waals surface area contributed by atoms with Gasteiger partial charge in [-0.25, -0.2) is 18.1 Å². The summed E-state index contributed by atoms with van der Waals surface area (Å²) in [5.74, 6) is -1.49. The molecule has 0 aliphatic rings. The summed E-state index contributed by atoms with van der Waals surface area (Å²) in [6.45, 7) is -0.108. The van der Waals surface area contributed by atoms with Crippen molar-refractivity contribution >= 4 is 33.2 Å². The molecule has 8 nitrogen and oxygen atoms in total. The summed E-state index contributed by atoms with van der Waals surface area (Å²) in [5.41, 5.74) is 5.47. The van der Waals surface area contributed by atoms with Crippen LogP contribution in [0.3, 0.4) is 0 Å². The molecule has 2 amide bonds. The summed E-state index contributed by atoms with van der Waals surface area (Å²) < 4.78 is 62.5. The van der Waals surface area contributed by atoms with Crippen LogP contribution in [0.5, 0.6) is 0 Å². The fraction of sp³-hybridized carbons (Fsp3) is 0.150. The van der Waals surface area contributed by atoms with Crippen LogP contribution in [0.25, 0.3) is 10.6 Å². The highest BCUT2D eigenvalue weighted by molar-refractivity contribution is 7.89. The van der Waals surface area contributed by atoms with Crippen molar-refractivity contribution in [2.75, 3.05) is 6.54 Å². The first-order valence-electron chi connectivity index (χ1n) is 9.26. The van der Waals surface area contributed by atoms with Gasteiger partial charge in [0.15, 0.2) is 0 Å². The van der Waals surface area contributed by atoms with Crippen molar-refractivity contribution in [2.24, 2.45) is 0 Å². The van der Waals surface area contributed by atoms with Gasteiger partial charge in [0.05, 0.1) is 10.6 Å². The number of rotatable bonds is 6. The average molecular weight is 499 g/mol. The fourth-order valence-electron chi connectivity index (χ4n) is 2.62. The van der Waals surface area contributed by atoms with E-state index < -0.39 is 39.5 Å². The predicted octanol–water partition coefficient (Wildman–Crippen LogP) is 3.03. The average Bonchev–Trinajstić information content (AvgIpc) is 3.18. The fourth-order valence-corrected chi connectivity index (χ4v) is 4.65. The predicted molar refractivity (Wildman–Crippen MR) is 115 cm³/mol. The SMILES string of the molecule is Cc1nc(-c2ccccc2)sc1C(=O)NNC(=O)c1cccc(S(=O)(=O)NCC(F)(F)F)c1. The van der Waals surface area contributed by atoms with Crippen LogP contribution in [-0.4, -0.2) is 37.9 Å². The van der Waals surface area contributed by atoms with Gasteiger partial charge in [-0.2, -0.15) is 13.2 Å². The third-order valence-electron chi connectivity index (χ3n) is 4.18. The van der Waals surface area contributed by atoms with Crippen LogP contribution < -0.4 is 15.6 Å². The molecule has 2 aromatic carbocycles. The van der Waals surface area contributed by atoms with Crippen molar-refractivity contribution in [3.63, 3.8) is 0 Å². The lowest BCUT2D eigenvalue weighted by atomic mass is 10.2. The smallest absolute Gasteiger partial charge is 0.267 e. The molecule has 33 heavy (non-hydrogen) atoms. The van der Waals surface area contributed by atoms with Crippen LogP contribution in [0, 0.1) is 6.92 Å². The highest BCUT2D eigenvalue weighted by atomic mass is 32.2. The van der Waals surface area contributed by atoms with Crippen LogP contribution in [-0.2, 0) is 10.0 Å². The minimum Gasteiger partial charge on any atom is -0.267 e.